The Kier molecular flexibility index (Phi) is 10.1. The van der Waals surface area contributed by atoms with Crippen molar-refractivity contribution in [3.8, 4) is 11.5 Å². The minimum absolute atomic E-state index is 0.129. The smallest absolute Gasteiger partial charge is 0.335 e. The molecule has 2 rings (SSSR count). The number of esters is 2. The number of benzene rings is 1. The van der Waals surface area contributed by atoms with Gasteiger partial charge in [0.2, 0.25) is 6.29 Å². The molecule has 1 saturated heterocycles. The molecule has 1 heterocycles. The number of hydrogen-bond donors (Lipinski definition) is 1. The molecule has 0 amide bonds. The summed E-state index contributed by atoms with van der Waals surface area (Å²) in [5.74, 6) is -0.294. The Labute approximate surface area is 180 Å². The van der Waals surface area contributed by atoms with Gasteiger partial charge in [0, 0.05) is 37.9 Å². The molecule has 0 spiro atoms. The maximum Gasteiger partial charge on any atom is 0.335 e. The summed E-state index contributed by atoms with van der Waals surface area (Å²) in [7, 11) is 1.24. The van der Waals surface area contributed by atoms with Crippen molar-refractivity contribution in [1.82, 2.24) is 0 Å². The lowest BCUT2D eigenvalue weighted by atomic mass is 10.0. The van der Waals surface area contributed by atoms with E-state index in [1.54, 1.807) is 18.2 Å². The van der Waals surface area contributed by atoms with Crippen LogP contribution < -0.4 is 15.2 Å². The highest BCUT2D eigenvalue weighted by Gasteiger charge is 2.37. The zero-order valence-corrected chi connectivity index (χ0v) is 17.6. The highest BCUT2D eigenvalue weighted by Crippen LogP contribution is 2.31. The number of nitroso groups, excluding NO2 is 1. The lowest BCUT2D eigenvalue weighted by Crippen LogP contribution is -2.44. The van der Waals surface area contributed by atoms with Crippen LogP contribution in [-0.4, -0.2) is 63.9 Å². The monoisotopic (exact) mass is 440 g/mol. The van der Waals surface area contributed by atoms with E-state index in [0.717, 1.165) is 0 Å². The van der Waals surface area contributed by atoms with Crippen molar-refractivity contribution in [2.45, 2.75) is 44.8 Å². The number of carbonyl (C=O) groups excluding carboxylic acids is 2. The predicted octanol–water partition coefficient (Wildman–Crippen LogP) is 1.30. The summed E-state index contributed by atoms with van der Waals surface area (Å²) >= 11 is 0. The van der Waals surface area contributed by atoms with E-state index in [4.69, 9.17) is 34.2 Å². The van der Waals surface area contributed by atoms with E-state index in [-0.39, 0.29) is 19.4 Å². The third kappa shape index (κ3) is 8.12. The molecule has 1 aliphatic rings. The van der Waals surface area contributed by atoms with E-state index < -0.39 is 30.4 Å². The number of ether oxygens (including phenoxy) is 6. The Balaban J connectivity index is 2.12. The van der Waals surface area contributed by atoms with Gasteiger partial charge in [-0.3, -0.25) is 4.79 Å². The van der Waals surface area contributed by atoms with Crippen molar-refractivity contribution in [3.05, 3.63) is 28.7 Å². The average molecular weight is 440 g/mol. The fraction of sp³-hybridized carbons (Fsp3) is 0.600. The van der Waals surface area contributed by atoms with Crippen LogP contribution in [-0.2, 0) is 35.1 Å². The summed E-state index contributed by atoms with van der Waals surface area (Å²) in [5, 5.41) is 2.91. The van der Waals surface area contributed by atoms with Gasteiger partial charge in [0.1, 0.15) is 30.8 Å². The second-order valence-corrected chi connectivity index (χ2v) is 6.70. The maximum atomic E-state index is 12.0. The average Bonchev–Trinajstić information content (AvgIpc) is 2.74. The second-order valence-electron chi connectivity index (χ2n) is 6.70. The Morgan fingerprint density at radius 2 is 2.03 bits per heavy atom. The van der Waals surface area contributed by atoms with Gasteiger partial charge in [-0.1, -0.05) is 5.18 Å². The fourth-order valence-corrected chi connectivity index (χ4v) is 3.01. The van der Waals surface area contributed by atoms with Crippen molar-refractivity contribution >= 4 is 11.9 Å². The highest BCUT2D eigenvalue weighted by molar-refractivity contribution is 5.74. The van der Waals surface area contributed by atoms with Crippen LogP contribution in [0.5, 0.6) is 11.5 Å². The van der Waals surface area contributed by atoms with Crippen molar-refractivity contribution in [2.24, 2.45) is 10.9 Å². The summed E-state index contributed by atoms with van der Waals surface area (Å²) in [5.41, 5.74) is 5.87. The van der Waals surface area contributed by atoms with Gasteiger partial charge in [0.15, 0.2) is 6.10 Å². The van der Waals surface area contributed by atoms with E-state index in [0.29, 0.717) is 43.4 Å². The normalized spacial score (nSPS) is 20.5. The van der Waals surface area contributed by atoms with Crippen LogP contribution in [0.25, 0.3) is 0 Å². The van der Waals surface area contributed by atoms with Crippen molar-refractivity contribution in [2.75, 3.05) is 33.5 Å². The van der Waals surface area contributed by atoms with Gasteiger partial charge in [-0.25, -0.2) is 4.79 Å². The SMILES string of the molecule is COC(=O)[C@@H]1C[C@H](OC(C)=O)C[C@H](Oc2cc(OCCOCCN)ccc2CN=O)O1. The molecule has 1 fully saturated rings. The molecule has 1 aliphatic heterocycles. The first kappa shape index (κ1) is 24.5. The van der Waals surface area contributed by atoms with Gasteiger partial charge < -0.3 is 34.2 Å². The van der Waals surface area contributed by atoms with E-state index in [1.165, 1.54) is 14.0 Å². The summed E-state index contributed by atoms with van der Waals surface area (Å²) in [6, 6.07) is 4.92. The molecule has 0 unspecified atom stereocenters. The first-order valence-electron chi connectivity index (χ1n) is 9.86. The standard InChI is InChI=1S/C20H28N2O9/c1-13(23)29-16-10-18(20(24)26-2)31-19(11-16)30-17-9-15(4-3-14(17)12-22-25)28-8-7-27-6-5-21/h3-4,9,16,18-19H,5-8,10-12,21H2,1-2H3/t16-,18-,19+/m0/s1. The Morgan fingerprint density at radius 3 is 2.71 bits per heavy atom. The minimum Gasteiger partial charge on any atom is -0.491 e. The summed E-state index contributed by atoms with van der Waals surface area (Å²) in [6.45, 7) is 2.67. The molecule has 11 heteroatoms. The van der Waals surface area contributed by atoms with Gasteiger partial charge in [0.05, 0.1) is 20.3 Å². The molecule has 0 bridgehead atoms. The van der Waals surface area contributed by atoms with Crippen LogP contribution in [0.3, 0.4) is 0 Å². The van der Waals surface area contributed by atoms with Crippen molar-refractivity contribution in [1.29, 1.82) is 0 Å². The third-order valence-electron chi connectivity index (χ3n) is 4.34. The molecular formula is C20H28N2O9. The van der Waals surface area contributed by atoms with E-state index in [2.05, 4.69) is 5.18 Å². The van der Waals surface area contributed by atoms with Crippen LogP contribution in [0.4, 0.5) is 0 Å². The van der Waals surface area contributed by atoms with Crippen LogP contribution in [0.2, 0.25) is 0 Å². The number of rotatable bonds is 12. The predicted molar refractivity (Wildman–Crippen MR) is 107 cm³/mol. The Morgan fingerprint density at radius 1 is 1.23 bits per heavy atom. The lowest BCUT2D eigenvalue weighted by Gasteiger charge is -2.33. The minimum atomic E-state index is -0.958. The molecule has 11 nitrogen and oxygen atoms in total. The van der Waals surface area contributed by atoms with Crippen molar-refractivity contribution in [3.63, 3.8) is 0 Å². The molecule has 0 aliphatic carbocycles. The van der Waals surface area contributed by atoms with Gasteiger partial charge in [-0.05, 0) is 12.1 Å². The summed E-state index contributed by atoms with van der Waals surface area (Å²) < 4.78 is 32.5. The second kappa shape index (κ2) is 12.8. The van der Waals surface area contributed by atoms with Crippen LogP contribution in [0.15, 0.2) is 23.4 Å². The Bertz CT molecular complexity index is 743. The molecule has 0 aromatic heterocycles. The van der Waals surface area contributed by atoms with Crippen LogP contribution >= 0.6 is 0 Å². The molecule has 31 heavy (non-hydrogen) atoms. The lowest BCUT2D eigenvalue weighted by molar-refractivity contribution is -0.204. The largest absolute Gasteiger partial charge is 0.491 e. The Hall–Kier alpha value is -2.76. The van der Waals surface area contributed by atoms with Gasteiger partial charge in [-0.15, -0.1) is 0 Å². The molecule has 1 aromatic rings. The van der Waals surface area contributed by atoms with E-state index >= 15 is 0 Å². The topological polar surface area (TPSA) is 145 Å². The summed E-state index contributed by atoms with van der Waals surface area (Å²) in [4.78, 5) is 34.2. The van der Waals surface area contributed by atoms with Gasteiger partial charge >= 0.3 is 11.9 Å². The maximum absolute atomic E-state index is 12.0. The molecule has 3 atom stereocenters. The molecule has 2 N–H and O–H groups in total. The van der Waals surface area contributed by atoms with E-state index in [1.807, 2.05) is 0 Å². The first-order valence-corrected chi connectivity index (χ1v) is 9.86. The van der Waals surface area contributed by atoms with Crippen LogP contribution in [0.1, 0.15) is 25.3 Å². The fourth-order valence-electron chi connectivity index (χ4n) is 3.01. The van der Waals surface area contributed by atoms with Crippen molar-refractivity contribution < 1.29 is 38.0 Å². The highest BCUT2D eigenvalue weighted by atomic mass is 16.7. The molecule has 0 saturated carbocycles. The van der Waals surface area contributed by atoms with Gasteiger partial charge in [0.25, 0.3) is 0 Å². The third-order valence-corrected chi connectivity index (χ3v) is 4.34. The first-order chi connectivity index (χ1) is 15.0. The molecule has 0 radical (unpaired) electrons. The molecule has 1 aromatic carbocycles. The number of nitrogens with zero attached hydrogens (tertiary/aromatic N) is 1. The quantitative estimate of drug-likeness (QED) is 0.287. The number of methoxy groups -OCH3 is 1. The molecule has 172 valence electrons. The molecular weight excluding hydrogens is 412 g/mol. The number of nitrogens with two attached hydrogens (primary N) is 1. The number of hydrogen-bond acceptors (Lipinski definition) is 11. The zero-order chi connectivity index (χ0) is 22.6. The van der Waals surface area contributed by atoms with Gasteiger partial charge in [-0.2, -0.15) is 4.91 Å². The van der Waals surface area contributed by atoms with E-state index in [9.17, 15) is 14.5 Å². The summed E-state index contributed by atoms with van der Waals surface area (Å²) in [6.07, 6.45) is -2.12. The number of carbonyl (C=O) groups is 2. The van der Waals surface area contributed by atoms with Crippen LogP contribution in [0, 0.1) is 4.91 Å². The zero-order valence-electron chi connectivity index (χ0n) is 17.6.